The Bertz CT molecular complexity index is 575. The zero-order valence-corrected chi connectivity index (χ0v) is 11.9. The lowest BCUT2D eigenvalue weighted by Crippen LogP contribution is -2.40. The summed E-state index contributed by atoms with van der Waals surface area (Å²) in [7, 11) is 1.73. The lowest BCUT2D eigenvalue weighted by Gasteiger charge is -2.31. The highest BCUT2D eigenvalue weighted by Gasteiger charge is 2.22. The zero-order valence-electron chi connectivity index (χ0n) is 11.1. The molecule has 0 aromatic carbocycles. The fraction of sp³-hybridized carbons (Fsp3) is 0.500. The smallest absolute Gasteiger partial charge is 0.241 e. The quantitative estimate of drug-likeness (QED) is 0.850. The van der Waals surface area contributed by atoms with Crippen LogP contribution in [-0.2, 0) is 4.74 Å². The summed E-state index contributed by atoms with van der Waals surface area (Å²) in [4.78, 5) is 18.8. The minimum absolute atomic E-state index is 0.179. The zero-order chi connectivity index (χ0) is 13.9. The van der Waals surface area contributed by atoms with Gasteiger partial charge in [0.25, 0.3) is 0 Å². The van der Waals surface area contributed by atoms with Gasteiger partial charge in [0, 0.05) is 32.6 Å². The molecule has 20 heavy (non-hydrogen) atoms. The highest BCUT2D eigenvalue weighted by molar-refractivity contribution is 6.28. The van der Waals surface area contributed by atoms with Gasteiger partial charge in [-0.25, -0.2) is 4.98 Å². The van der Waals surface area contributed by atoms with Crippen molar-refractivity contribution in [2.24, 2.45) is 0 Å². The van der Waals surface area contributed by atoms with Crippen molar-refractivity contribution in [3.05, 3.63) is 24.0 Å². The first-order valence-corrected chi connectivity index (χ1v) is 6.81. The van der Waals surface area contributed by atoms with Gasteiger partial charge in [-0.2, -0.15) is 15.0 Å². The minimum Gasteiger partial charge on any atom is -0.380 e. The van der Waals surface area contributed by atoms with Gasteiger partial charge in [-0.05, 0) is 24.4 Å². The summed E-state index contributed by atoms with van der Waals surface area (Å²) in [5.74, 6) is 1.05. The van der Waals surface area contributed by atoms with E-state index in [1.165, 1.54) is 0 Å². The van der Waals surface area contributed by atoms with Crippen molar-refractivity contribution in [1.29, 1.82) is 0 Å². The summed E-state index contributed by atoms with van der Waals surface area (Å²) in [6.07, 6.45) is 7.37. The average Bonchev–Trinajstić information content (AvgIpc) is 3.01. The fourth-order valence-electron chi connectivity index (χ4n) is 2.28. The number of hydrogen-bond acceptors (Lipinski definition) is 6. The van der Waals surface area contributed by atoms with Gasteiger partial charge in [0.1, 0.15) is 6.33 Å². The molecule has 0 N–H and O–H groups in total. The minimum atomic E-state index is 0.179. The van der Waals surface area contributed by atoms with Crippen LogP contribution in [-0.4, -0.2) is 50.8 Å². The molecular weight excluding hydrogens is 280 g/mol. The van der Waals surface area contributed by atoms with Gasteiger partial charge in [0.15, 0.2) is 0 Å². The van der Waals surface area contributed by atoms with E-state index in [0.717, 1.165) is 25.9 Å². The summed E-state index contributed by atoms with van der Waals surface area (Å²) >= 11 is 6.00. The van der Waals surface area contributed by atoms with E-state index in [1.54, 1.807) is 30.4 Å². The highest BCUT2D eigenvalue weighted by atomic mass is 35.5. The lowest BCUT2D eigenvalue weighted by atomic mass is 10.1. The third kappa shape index (κ3) is 2.73. The number of methoxy groups -OCH3 is 1. The standard InChI is InChI=1S/C12H15ClN6O/c1-20-9-3-2-5-18(7-9)11-15-10(13)16-12(17-11)19-6-4-14-8-19/h4,6,8-9H,2-3,5,7H2,1H3. The molecule has 106 valence electrons. The topological polar surface area (TPSA) is 69.0 Å². The van der Waals surface area contributed by atoms with E-state index in [1.807, 2.05) is 0 Å². The van der Waals surface area contributed by atoms with Crippen molar-refractivity contribution < 1.29 is 4.74 Å². The number of anilines is 1. The maximum Gasteiger partial charge on any atom is 0.241 e. The van der Waals surface area contributed by atoms with Gasteiger partial charge in [0.2, 0.25) is 17.2 Å². The van der Waals surface area contributed by atoms with E-state index in [2.05, 4.69) is 24.8 Å². The van der Waals surface area contributed by atoms with Crippen LogP contribution in [0.3, 0.4) is 0 Å². The molecule has 0 spiro atoms. The average molecular weight is 295 g/mol. The van der Waals surface area contributed by atoms with Crippen LogP contribution in [0.25, 0.3) is 5.95 Å². The molecule has 2 aromatic heterocycles. The normalized spacial score (nSPS) is 19.3. The van der Waals surface area contributed by atoms with Crippen LogP contribution in [0.15, 0.2) is 18.7 Å². The van der Waals surface area contributed by atoms with Gasteiger partial charge >= 0.3 is 0 Å². The number of ether oxygens (including phenoxy) is 1. The van der Waals surface area contributed by atoms with Crippen molar-refractivity contribution >= 4 is 17.5 Å². The van der Waals surface area contributed by atoms with Crippen LogP contribution < -0.4 is 4.90 Å². The molecule has 1 aliphatic rings. The first-order valence-electron chi connectivity index (χ1n) is 6.44. The second-order valence-electron chi connectivity index (χ2n) is 4.62. The monoisotopic (exact) mass is 294 g/mol. The Balaban J connectivity index is 1.89. The SMILES string of the molecule is COC1CCCN(c2nc(Cl)nc(-n3ccnc3)n2)C1. The Morgan fingerprint density at radius 3 is 2.90 bits per heavy atom. The van der Waals surface area contributed by atoms with Gasteiger partial charge in [-0.3, -0.25) is 4.57 Å². The number of halogens is 1. The molecule has 7 nitrogen and oxygen atoms in total. The summed E-state index contributed by atoms with van der Waals surface area (Å²) in [6, 6.07) is 0. The number of aromatic nitrogens is 5. The molecule has 1 atom stereocenters. The summed E-state index contributed by atoms with van der Waals surface area (Å²) in [5.41, 5.74) is 0. The number of rotatable bonds is 3. The number of hydrogen-bond donors (Lipinski definition) is 0. The van der Waals surface area contributed by atoms with Gasteiger partial charge in [-0.1, -0.05) is 0 Å². The third-order valence-electron chi connectivity index (χ3n) is 3.31. The van der Waals surface area contributed by atoms with Crippen molar-refractivity contribution in [3.8, 4) is 5.95 Å². The molecule has 1 fully saturated rings. The summed E-state index contributed by atoms with van der Waals surface area (Å²) < 4.78 is 7.12. The Morgan fingerprint density at radius 1 is 1.30 bits per heavy atom. The van der Waals surface area contributed by atoms with Crippen LogP contribution in [0, 0.1) is 0 Å². The van der Waals surface area contributed by atoms with E-state index in [9.17, 15) is 0 Å². The molecule has 1 unspecified atom stereocenters. The van der Waals surface area contributed by atoms with Gasteiger partial charge in [-0.15, -0.1) is 0 Å². The second kappa shape index (κ2) is 5.72. The number of piperidine rings is 1. The molecule has 0 radical (unpaired) electrons. The third-order valence-corrected chi connectivity index (χ3v) is 3.48. The van der Waals surface area contributed by atoms with Crippen LogP contribution in [0.2, 0.25) is 5.28 Å². The molecular formula is C12H15ClN6O. The molecule has 8 heteroatoms. The Kier molecular flexibility index (Phi) is 3.79. The largest absolute Gasteiger partial charge is 0.380 e. The molecule has 0 saturated carbocycles. The fourth-order valence-corrected chi connectivity index (χ4v) is 2.43. The number of imidazole rings is 1. The lowest BCUT2D eigenvalue weighted by molar-refractivity contribution is 0.0889. The Morgan fingerprint density at radius 2 is 2.15 bits per heavy atom. The Hall–Kier alpha value is -1.73. The summed E-state index contributed by atoms with van der Waals surface area (Å²) in [6.45, 7) is 1.66. The highest BCUT2D eigenvalue weighted by Crippen LogP contribution is 2.19. The van der Waals surface area contributed by atoms with Crippen LogP contribution in [0.4, 0.5) is 5.95 Å². The first kappa shape index (κ1) is 13.3. The molecule has 2 aromatic rings. The molecule has 1 aliphatic heterocycles. The maximum absolute atomic E-state index is 6.00. The van der Waals surface area contributed by atoms with E-state index in [0.29, 0.717) is 11.9 Å². The van der Waals surface area contributed by atoms with E-state index >= 15 is 0 Å². The molecule has 1 saturated heterocycles. The van der Waals surface area contributed by atoms with E-state index < -0.39 is 0 Å². The van der Waals surface area contributed by atoms with Crippen molar-refractivity contribution in [3.63, 3.8) is 0 Å². The van der Waals surface area contributed by atoms with Crippen molar-refractivity contribution in [2.75, 3.05) is 25.1 Å². The Labute approximate surface area is 121 Å². The van der Waals surface area contributed by atoms with Crippen molar-refractivity contribution in [2.45, 2.75) is 18.9 Å². The van der Waals surface area contributed by atoms with Gasteiger partial charge < -0.3 is 9.64 Å². The molecule has 3 heterocycles. The second-order valence-corrected chi connectivity index (χ2v) is 4.96. The van der Waals surface area contributed by atoms with Crippen LogP contribution in [0.1, 0.15) is 12.8 Å². The summed E-state index contributed by atoms with van der Waals surface area (Å²) in [5, 5.41) is 0.179. The number of nitrogens with zero attached hydrogens (tertiary/aromatic N) is 6. The molecule has 0 aliphatic carbocycles. The first-order chi connectivity index (χ1) is 9.76. The van der Waals surface area contributed by atoms with Gasteiger partial charge in [0.05, 0.1) is 6.10 Å². The molecule has 0 bridgehead atoms. The van der Waals surface area contributed by atoms with Crippen LogP contribution >= 0.6 is 11.6 Å². The van der Waals surface area contributed by atoms with E-state index in [4.69, 9.17) is 16.3 Å². The molecule has 3 rings (SSSR count). The van der Waals surface area contributed by atoms with Crippen molar-refractivity contribution in [1.82, 2.24) is 24.5 Å². The predicted octanol–water partition coefficient (Wildman–Crippen LogP) is 1.33. The predicted molar refractivity (Wildman–Crippen MR) is 74.2 cm³/mol. The van der Waals surface area contributed by atoms with Crippen LogP contribution in [0.5, 0.6) is 0 Å². The maximum atomic E-state index is 6.00. The molecule has 0 amide bonds. The van der Waals surface area contributed by atoms with E-state index in [-0.39, 0.29) is 11.4 Å².